The van der Waals surface area contributed by atoms with Gasteiger partial charge in [-0.25, -0.2) is 10.4 Å². The maximum atomic E-state index is 11.7. The lowest BCUT2D eigenvalue weighted by Gasteiger charge is -2.18. The Labute approximate surface area is 108 Å². The van der Waals surface area contributed by atoms with Crippen molar-refractivity contribution in [2.75, 3.05) is 5.01 Å². The van der Waals surface area contributed by atoms with Gasteiger partial charge in [-0.2, -0.15) is 8.42 Å². The lowest BCUT2D eigenvalue weighted by molar-refractivity contribution is -0.139. The van der Waals surface area contributed by atoms with Crippen molar-refractivity contribution in [1.82, 2.24) is 5.43 Å². The molecule has 1 unspecified atom stereocenters. The second kappa shape index (κ2) is 4.61. The highest BCUT2D eigenvalue weighted by Gasteiger charge is 2.36. The Bertz CT molecular complexity index is 641. The molecule has 0 saturated carbocycles. The number of hydrogen-bond donors (Lipinski definition) is 3. The number of hydrogen-bond acceptors (Lipinski definition) is 5. The van der Waals surface area contributed by atoms with E-state index in [0.29, 0.717) is 0 Å². The molecule has 102 valence electrons. The van der Waals surface area contributed by atoms with E-state index in [1.165, 1.54) is 18.2 Å². The van der Waals surface area contributed by atoms with E-state index >= 15 is 0 Å². The number of hydrazine groups is 1. The number of rotatable bonds is 3. The molecule has 0 spiro atoms. The van der Waals surface area contributed by atoms with E-state index in [9.17, 15) is 18.0 Å². The van der Waals surface area contributed by atoms with Crippen LogP contribution in [0, 0.1) is 0 Å². The largest absolute Gasteiger partial charge is 0.480 e. The molecular weight excluding hydrogens is 276 g/mol. The monoisotopic (exact) mass is 286 g/mol. The predicted molar refractivity (Wildman–Crippen MR) is 62.9 cm³/mol. The Morgan fingerprint density at radius 3 is 2.53 bits per heavy atom. The topological polar surface area (TPSA) is 124 Å². The second-order valence-corrected chi connectivity index (χ2v) is 5.29. The number of carboxylic acid groups (broad SMARTS) is 1. The fourth-order valence-electron chi connectivity index (χ4n) is 1.75. The summed E-state index contributed by atoms with van der Waals surface area (Å²) in [6.07, 6.45) is -0.296. The van der Waals surface area contributed by atoms with E-state index in [4.69, 9.17) is 9.66 Å². The highest BCUT2D eigenvalue weighted by molar-refractivity contribution is 7.86. The van der Waals surface area contributed by atoms with Crippen LogP contribution in [0.2, 0.25) is 0 Å². The summed E-state index contributed by atoms with van der Waals surface area (Å²) in [5, 5.41) is 9.64. The fraction of sp³-hybridized carbons (Fsp3) is 0.200. The van der Waals surface area contributed by atoms with E-state index in [1.807, 2.05) is 0 Å². The van der Waals surface area contributed by atoms with E-state index in [-0.39, 0.29) is 12.1 Å². The Morgan fingerprint density at radius 2 is 2.00 bits per heavy atom. The predicted octanol–water partition coefficient (Wildman–Crippen LogP) is -0.372. The van der Waals surface area contributed by atoms with Crippen LogP contribution in [0.3, 0.4) is 0 Å². The van der Waals surface area contributed by atoms with Crippen molar-refractivity contribution in [3.63, 3.8) is 0 Å². The summed E-state index contributed by atoms with van der Waals surface area (Å²) in [6.45, 7) is 0. The molecule has 0 radical (unpaired) electrons. The lowest BCUT2D eigenvalue weighted by Crippen LogP contribution is -2.41. The second-order valence-electron chi connectivity index (χ2n) is 3.90. The van der Waals surface area contributed by atoms with Crippen LogP contribution in [-0.2, 0) is 19.7 Å². The Balaban J connectivity index is 2.44. The zero-order valence-corrected chi connectivity index (χ0v) is 10.3. The number of carbonyl (C=O) groups excluding carboxylic acids is 1. The van der Waals surface area contributed by atoms with E-state index in [0.717, 1.165) is 11.1 Å². The molecule has 1 aliphatic heterocycles. The van der Waals surface area contributed by atoms with Gasteiger partial charge in [0.2, 0.25) is 5.91 Å². The van der Waals surface area contributed by atoms with Crippen molar-refractivity contribution < 1.29 is 27.7 Å². The minimum Gasteiger partial charge on any atom is -0.480 e. The Kier molecular flexibility index (Phi) is 3.27. The van der Waals surface area contributed by atoms with Gasteiger partial charge in [0.1, 0.15) is 10.9 Å². The van der Waals surface area contributed by atoms with Gasteiger partial charge in [0.15, 0.2) is 0 Å². The van der Waals surface area contributed by atoms with Crippen molar-refractivity contribution in [3.8, 4) is 0 Å². The molecule has 0 aromatic heterocycles. The Hall–Kier alpha value is -1.97. The number of aliphatic carboxylic acids is 1. The van der Waals surface area contributed by atoms with E-state index < -0.39 is 32.9 Å². The van der Waals surface area contributed by atoms with Crippen molar-refractivity contribution in [2.24, 2.45) is 0 Å². The summed E-state index contributed by atoms with van der Waals surface area (Å²) in [4.78, 5) is 22.0. The van der Waals surface area contributed by atoms with Gasteiger partial charge < -0.3 is 5.11 Å². The molecule has 0 aliphatic carbocycles. The minimum absolute atomic E-state index is 0.112. The highest BCUT2D eigenvalue weighted by atomic mass is 32.2. The van der Waals surface area contributed by atoms with Gasteiger partial charge in [0.25, 0.3) is 10.1 Å². The van der Waals surface area contributed by atoms with Crippen LogP contribution in [0.15, 0.2) is 29.2 Å². The smallest absolute Gasteiger partial charge is 0.323 e. The highest BCUT2D eigenvalue weighted by Crippen LogP contribution is 2.26. The first-order chi connectivity index (χ1) is 8.80. The average molecular weight is 286 g/mol. The van der Waals surface area contributed by atoms with Crippen LogP contribution in [0.25, 0.3) is 0 Å². The standard InChI is InChI=1S/C10H10N2O6S/c13-9-5-6(10(14)15)11-12(9)7-3-1-2-4-8(7)19(16,17)18/h1-4,6,11H,5H2,(H,14,15)(H,16,17,18). The van der Waals surface area contributed by atoms with Gasteiger partial charge in [-0.05, 0) is 12.1 Å². The van der Waals surface area contributed by atoms with Gasteiger partial charge in [-0.1, -0.05) is 12.1 Å². The molecule has 2 rings (SSSR count). The summed E-state index contributed by atoms with van der Waals surface area (Å²) >= 11 is 0. The fourth-order valence-corrected chi connectivity index (χ4v) is 2.42. The summed E-state index contributed by atoms with van der Waals surface area (Å²) in [7, 11) is -4.51. The molecule has 3 N–H and O–H groups in total. The number of carbonyl (C=O) groups is 2. The van der Waals surface area contributed by atoms with Crippen LogP contribution in [0.5, 0.6) is 0 Å². The first kappa shape index (κ1) is 13.5. The lowest BCUT2D eigenvalue weighted by atomic mass is 10.2. The first-order valence-electron chi connectivity index (χ1n) is 5.19. The van der Waals surface area contributed by atoms with Crippen LogP contribution >= 0.6 is 0 Å². The quantitative estimate of drug-likeness (QED) is 0.647. The van der Waals surface area contributed by atoms with Gasteiger partial charge in [0.05, 0.1) is 12.1 Å². The molecular formula is C10H10N2O6S. The van der Waals surface area contributed by atoms with Gasteiger partial charge in [-0.3, -0.25) is 14.1 Å². The molecule has 1 aromatic rings. The first-order valence-corrected chi connectivity index (χ1v) is 6.63. The molecule has 1 amide bonds. The van der Waals surface area contributed by atoms with Crippen molar-refractivity contribution in [3.05, 3.63) is 24.3 Å². The van der Waals surface area contributed by atoms with Crippen LogP contribution in [0.4, 0.5) is 5.69 Å². The summed E-state index contributed by atoms with van der Waals surface area (Å²) < 4.78 is 31.5. The van der Waals surface area contributed by atoms with Gasteiger partial charge in [0, 0.05) is 0 Å². The van der Waals surface area contributed by atoms with Crippen molar-refractivity contribution >= 4 is 27.7 Å². The third kappa shape index (κ3) is 2.57. The average Bonchev–Trinajstić information content (AvgIpc) is 2.70. The maximum absolute atomic E-state index is 11.7. The number of benzene rings is 1. The van der Waals surface area contributed by atoms with Gasteiger partial charge >= 0.3 is 5.97 Å². The van der Waals surface area contributed by atoms with E-state index in [2.05, 4.69) is 5.43 Å². The molecule has 19 heavy (non-hydrogen) atoms. The van der Waals surface area contributed by atoms with Crippen molar-refractivity contribution in [1.29, 1.82) is 0 Å². The number of nitrogens with zero attached hydrogens (tertiary/aromatic N) is 1. The number of anilines is 1. The molecule has 0 bridgehead atoms. The molecule has 8 nitrogen and oxygen atoms in total. The summed E-state index contributed by atoms with van der Waals surface area (Å²) in [5.74, 6) is -1.82. The molecule has 1 heterocycles. The molecule has 1 fully saturated rings. The molecule has 1 saturated heterocycles. The van der Waals surface area contributed by atoms with Gasteiger partial charge in [-0.15, -0.1) is 0 Å². The van der Waals surface area contributed by atoms with Crippen LogP contribution in [-0.4, -0.2) is 36.0 Å². The third-order valence-corrected chi connectivity index (χ3v) is 3.50. The number of amides is 1. The Morgan fingerprint density at radius 1 is 1.37 bits per heavy atom. The molecule has 1 aromatic carbocycles. The number of nitrogens with one attached hydrogen (secondary N) is 1. The maximum Gasteiger partial charge on any atom is 0.323 e. The summed E-state index contributed by atoms with van der Waals surface area (Å²) in [6, 6.07) is 4.13. The number of para-hydroxylation sites is 1. The zero-order chi connectivity index (χ0) is 14.2. The number of carboxylic acids is 1. The molecule has 9 heteroatoms. The van der Waals surface area contributed by atoms with Crippen LogP contribution in [0.1, 0.15) is 6.42 Å². The van der Waals surface area contributed by atoms with E-state index in [1.54, 1.807) is 0 Å². The van der Waals surface area contributed by atoms with Crippen molar-refractivity contribution in [2.45, 2.75) is 17.4 Å². The van der Waals surface area contributed by atoms with Crippen LogP contribution < -0.4 is 10.4 Å². The normalized spacial score (nSPS) is 19.7. The SMILES string of the molecule is O=C(O)C1CC(=O)N(c2ccccc2S(=O)(=O)O)N1. The molecule has 1 aliphatic rings. The molecule has 1 atom stereocenters. The zero-order valence-electron chi connectivity index (χ0n) is 9.48. The summed E-state index contributed by atoms with van der Waals surface area (Å²) in [5.41, 5.74) is 2.27. The third-order valence-electron chi connectivity index (χ3n) is 2.60. The minimum atomic E-state index is -4.51.